The van der Waals surface area contributed by atoms with Crippen molar-refractivity contribution in [2.45, 2.75) is 6.54 Å². The Morgan fingerprint density at radius 1 is 1.19 bits per heavy atom. The summed E-state index contributed by atoms with van der Waals surface area (Å²) < 4.78 is 1.14. The first-order chi connectivity index (χ1) is 10.3. The molecule has 0 radical (unpaired) electrons. The first-order valence-electron chi connectivity index (χ1n) is 6.63. The maximum Gasteiger partial charge on any atom is 0.106 e. The van der Waals surface area contributed by atoms with Gasteiger partial charge in [0.25, 0.3) is 0 Å². The second kappa shape index (κ2) is 5.06. The SMILES string of the molecule is Clc1ccc2scnc2c1NCc1ccc2[nH]ccc2c1. The molecule has 2 aromatic heterocycles. The van der Waals surface area contributed by atoms with Crippen LogP contribution in [0.4, 0.5) is 5.69 Å². The monoisotopic (exact) mass is 313 g/mol. The Balaban J connectivity index is 1.65. The van der Waals surface area contributed by atoms with Crippen molar-refractivity contribution in [1.29, 1.82) is 0 Å². The number of benzene rings is 2. The number of fused-ring (bicyclic) bond motifs is 2. The largest absolute Gasteiger partial charge is 0.378 e. The number of anilines is 1. The Bertz CT molecular complexity index is 925. The van der Waals surface area contributed by atoms with Gasteiger partial charge in [-0.2, -0.15) is 0 Å². The second-order valence-electron chi connectivity index (χ2n) is 4.87. The molecular weight excluding hydrogens is 302 g/mol. The molecule has 5 heteroatoms. The molecule has 0 aliphatic heterocycles. The van der Waals surface area contributed by atoms with Crippen molar-refractivity contribution in [2.24, 2.45) is 0 Å². The van der Waals surface area contributed by atoms with Gasteiger partial charge in [0.15, 0.2) is 0 Å². The third-order valence-electron chi connectivity index (χ3n) is 3.54. The Morgan fingerprint density at radius 2 is 2.14 bits per heavy atom. The lowest BCUT2D eigenvalue weighted by Gasteiger charge is -2.09. The minimum atomic E-state index is 0.705. The van der Waals surface area contributed by atoms with E-state index in [-0.39, 0.29) is 0 Å². The van der Waals surface area contributed by atoms with Gasteiger partial charge in [0.05, 0.1) is 20.9 Å². The lowest BCUT2D eigenvalue weighted by Crippen LogP contribution is -2.00. The van der Waals surface area contributed by atoms with E-state index in [1.807, 2.05) is 23.8 Å². The van der Waals surface area contributed by atoms with Gasteiger partial charge in [-0.1, -0.05) is 17.7 Å². The van der Waals surface area contributed by atoms with Gasteiger partial charge in [0.2, 0.25) is 0 Å². The van der Waals surface area contributed by atoms with Crippen LogP contribution >= 0.6 is 22.9 Å². The Labute approximate surface area is 130 Å². The summed E-state index contributed by atoms with van der Waals surface area (Å²) in [5.74, 6) is 0. The zero-order chi connectivity index (χ0) is 14.2. The fourth-order valence-electron chi connectivity index (χ4n) is 2.48. The Kier molecular flexibility index (Phi) is 3.05. The number of aromatic nitrogens is 2. The number of H-pyrrole nitrogens is 1. The number of halogens is 1. The zero-order valence-electron chi connectivity index (χ0n) is 11.1. The predicted octanol–water partition coefficient (Wildman–Crippen LogP) is 5.04. The maximum absolute atomic E-state index is 6.30. The highest BCUT2D eigenvalue weighted by Crippen LogP contribution is 2.32. The third kappa shape index (κ3) is 2.26. The highest BCUT2D eigenvalue weighted by atomic mass is 35.5. The van der Waals surface area contributed by atoms with Gasteiger partial charge in [0, 0.05) is 18.3 Å². The Hall–Kier alpha value is -2.04. The number of aromatic amines is 1. The van der Waals surface area contributed by atoms with Gasteiger partial charge in [0.1, 0.15) is 5.52 Å². The minimum absolute atomic E-state index is 0.705. The molecular formula is C16H12ClN3S. The van der Waals surface area contributed by atoms with E-state index in [1.165, 1.54) is 10.9 Å². The van der Waals surface area contributed by atoms with Gasteiger partial charge in [-0.25, -0.2) is 4.98 Å². The second-order valence-corrected chi connectivity index (χ2v) is 6.17. The van der Waals surface area contributed by atoms with E-state index >= 15 is 0 Å². The van der Waals surface area contributed by atoms with E-state index in [0.29, 0.717) is 5.02 Å². The van der Waals surface area contributed by atoms with Crippen LogP contribution in [0, 0.1) is 0 Å². The first-order valence-corrected chi connectivity index (χ1v) is 7.88. The van der Waals surface area contributed by atoms with Gasteiger partial charge >= 0.3 is 0 Å². The van der Waals surface area contributed by atoms with Crippen LogP contribution in [0.3, 0.4) is 0 Å². The van der Waals surface area contributed by atoms with Crippen molar-refractivity contribution in [2.75, 3.05) is 5.32 Å². The summed E-state index contributed by atoms with van der Waals surface area (Å²) >= 11 is 7.92. The molecule has 0 saturated carbocycles. The van der Waals surface area contributed by atoms with Crippen molar-refractivity contribution in [1.82, 2.24) is 9.97 Å². The van der Waals surface area contributed by atoms with Crippen LogP contribution in [0.1, 0.15) is 5.56 Å². The van der Waals surface area contributed by atoms with Crippen LogP contribution in [0.25, 0.3) is 21.1 Å². The fourth-order valence-corrected chi connectivity index (χ4v) is 3.38. The summed E-state index contributed by atoms with van der Waals surface area (Å²) in [5, 5.41) is 5.34. The number of hydrogen-bond acceptors (Lipinski definition) is 3. The van der Waals surface area contributed by atoms with E-state index in [2.05, 4.69) is 39.6 Å². The summed E-state index contributed by atoms with van der Waals surface area (Å²) in [6.45, 7) is 0.720. The highest BCUT2D eigenvalue weighted by Gasteiger charge is 2.08. The number of hydrogen-bond donors (Lipinski definition) is 2. The summed E-state index contributed by atoms with van der Waals surface area (Å²) in [6, 6.07) is 12.4. The zero-order valence-corrected chi connectivity index (χ0v) is 12.6. The average molecular weight is 314 g/mol. The van der Waals surface area contributed by atoms with Crippen LogP contribution in [0.5, 0.6) is 0 Å². The summed E-state index contributed by atoms with van der Waals surface area (Å²) in [5.41, 5.74) is 6.06. The number of thiazole rings is 1. The van der Waals surface area contributed by atoms with Crippen molar-refractivity contribution in [3.63, 3.8) is 0 Å². The predicted molar refractivity (Wildman–Crippen MR) is 90.3 cm³/mol. The number of nitrogens with zero attached hydrogens (tertiary/aromatic N) is 1. The van der Waals surface area contributed by atoms with Crippen LogP contribution in [-0.2, 0) is 6.54 Å². The van der Waals surface area contributed by atoms with E-state index in [1.54, 1.807) is 11.3 Å². The molecule has 0 saturated heterocycles. The van der Waals surface area contributed by atoms with Crippen molar-refractivity contribution in [3.05, 3.63) is 58.7 Å². The maximum atomic E-state index is 6.30. The average Bonchev–Trinajstić information content (AvgIpc) is 3.14. The molecule has 0 amide bonds. The Morgan fingerprint density at radius 3 is 3.10 bits per heavy atom. The number of rotatable bonds is 3. The van der Waals surface area contributed by atoms with Gasteiger partial charge in [-0.05, 0) is 41.3 Å². The molecule has 0 unspecified atom stereocenters. The van der Waals surface area contributed by atoms with Gasteiger partial charge < -0.3 is 10.3 Å². The van der Waals surface area contributed by atoms with Crippen LogP contribution in [0.2, 0.25) is 5.02 Å². The molecule has 4 aromatic rings. The van der Waals surface area contributed by atoms with Crippen LogP contribution in [0.15, 0.2) is 48.1 Å². The molecule has 0 spiro atoms. The molecule has 0 fully saturated rings. The molecule has 2 aromatic carbocycles. The lowest BCUT2D eigenvalue weighted by atomic mass is 10.1. The molecule has 0 aliphatic rings. The summed E-state index contributed by atoms with van der Waals surface area (Å²) in [6.07, 6.45) is 1.95. The molecule has 4 rings (SSSR count). The molecule has 104 valence electrons. The normalized spacial score (nSPS) is 11.3. The first kappa shape index (κ1) is 12.7. The van der Waals surface area contributed by atoms with Crippen molar-refractivity contribution < 1.29 is 0 Å². The van der Waals surface area contributed by atoms with Crippen LogP contribution in [-0.4, -0.2) is 9.97 Å². The smallest absolute Gasteiger partial charge is 0.106 e. The fraction of sp³-hybridized carbons (Fsp3) is 0.0625. The topological polar surface area (TPSA) is 40.7 Å². The van der Waals surface area contributed by atoms with E-state index < -0.39 is 0 Å². The molecule has 2 N–H and O–H groups in total. The standard InChI is InChI=1S/C16H12ClN3S/c17-12-2-4-14-16(20-9-21-14)15(12)19-8-10-1-3-13-11(7-10)5-6-18-13/h1-7,9,18-19H,8H2. The van der Waals surface area contributed by atoms with Crippen LogP contribution < -0.4 is 5.32 Å². The van der Waals surface area contributed by atoms with Crippen molar-refractivity contribution >= 4 is 49.7 Å². The summed E-state index contributed by atoms with van der Waals surface area (Å²) in [7, 11) is 0. The molecule has 21 heavy (non-hydrogen) atoms. The summed E-state index contributed by atoms with van der Waals surface area (Å²) in [4.78, 5) is 7.60. The molecule has 0 aliphatic carbocycles. The molecule has 0 atom stereocenters. The van der Waals surface area contributed by atoms with Gasteiger partial charge in [-0.3, -0.25) is 0 Å². The molecule has 0 bridgehead atoms. The van der Waals surface area contributed by atoms with E-state index in [0.717, 1.165) is 28.0 Å². The minimum Gasteiger partial charge on any atom is -0.378 e. The number of nitrogens with one attached hydrogen (secondary N) is 2. The quantitative estimate of drug-likeness (QED) is 0.556. The lowest BCUT2D eigenvalue weighted by molar-refractivity contribution is 1.16. The van der Waals surface area contributed by atoms with Crippen molar-refractivity contribution in [3.8, 4) is 0 Å². The third-order valence-corrected chi connectivity index (χ3v) is 4.65. The van der Waals surface area contributed by atoms with E-state index in [4.69, 9.17) is 11.6 Å². The van der Waals surface area contributed by atoms with Gasteiger partial charge in [-0.15, -0.1) is 11.3 Å². The molecule has 2 heterocycles. The molecule has 3 nitrogen and oxygen atoms in total. The highest BCUT2D eigenvalue weighted by molar-refractivity contribution is 7.16. The van der Waals surface area contributed by atoms with E-state index in [9.17, 15) is 0 Å².